The number of pyridine rings is 2. The smallest absolute Gasteiger partial charge is 0.433 e. The largest absolute Gasteiger partial charge is 0.506 e. The van der Waals surface area contributed by atoms with Gasteiger partial charge >= 0.3 is 6.18 Å². The summed E-state index contributed by atoms with van der Waals surface area (Å²) in [5, 5.41) is 9.60. The Labute approximate surface area is 142 Å². The summed E-state index contributed by atoms with van der Waals surface area (Å²) in [7, 11) is 0.171. The van der Waals surface area contributed by atoms with E-state index in [-0.39, 0.29) is 27.7 Å². The van der Waals surface area contributed by atoms with Crippen LogP contribution >= 0.6 is 0 Å². The normalized spacial score (nSPS) is 13.3. The van der Waals surface area contributed by atoms with Crippen molar-refractivity contribution in [2.24, 2.45) is 7.05 Å². The summed E-state index contributed by atoms with van der Waals surface area (Å²) in [5.41, 5.74) is -0.319. The predicted octanol–water partition coefficient (Wildman–Crippen LogP) is 2.88. The van der Waals surface area contributed by atoms with E-state index in [0.29, 0.717) is 11.3 Å². The standard InChI is InChI=1S/C15H13F3N4O2S/c1-3-25(24)11-4-8(23)6-20-13(11)14-21-9-5-12(15(16,17)18)19-7-10(9)22(14)2/h4-7,23H,3H2,1-2H3. The molecule has 0 spiro atoms. The highest BCUT2D eigenvalue weighted by Crippen LogP contribution is 2.32. The number of aromatic hydroxyl groups is 1. The minimum Gasteiger partial charge on any atom is -0.506 e. The molecule has 3 aromatic rings. The number of nitrogens with zero attached hydrogens (tertiary/aromatic N) is 4. The third-order valence-electron chi connectivity index (χ3n) is 3.62. The lowest BCUT2D eigenvalue weighted by Gasteiger charge is -2.08. The van der Waals surface area contributed by atoms with E-state index in [4.69, 9.17) is 0 Å². The van der Waals surface area contributed by atoms with Gasteiger partial charge in [-0.1, -0.05) is 6.92 Å². The van der Waals surface area contributed by atoms with Gasteiger partial charge in [-0.3, -0.25) is 4.21 Å². The molecule has 3 rings (SSSR count). The van der Waals surface area contributed by atoms with Gasteiger partial charge in [0, 0.05) is 12.8 Å². The maximum atomic E-state index is 12.8. The highest BCUT2D eigenvalue weighted by Gasteiger charge is 2.33. The van der Waals surface area contributed by atoms with Crippen molar-refractivity contribution in [3.05, 3.63) is 30.2 Å². The van der Waals surface area contributed by atoms with Crippen LogP contribution in [0.4, 0.5) is 13.2 Å². The summed E-state index contributed by atoms with van der Waals surface area (Å²) in [6.45, 7) is 1.71. The molecule has 0 amide bonds. The number of alkyl halides is 3. The van der Waals surface area contributed by atoms with Crippen LogP contribution in [0, 0.1) is 0 Å². The molecule has 0 aliphatic carbocycles. The Balaban J connectivity index is 2.23. The second kappa shape index (κ2) is 6.10. The molecule has 1 unspecified atom stereocenters. The van der Waals surface area contributed by atoms with Gasteiger partial charge in [0.25, 0.3) is 0 Å². The highest BCUT2D eigenvalue weighted by molar-refractivity contribution is 7.85. The molecule has 10 heteroatoms. The van der Waals surface area contributed by atoms with Crippen molar-refractivity contribution in [3.63, 3.8) is 0 Å². The molecule has 3 aromatic heterocycles. The van der Waals surface area contributed by atoms with Crippen LogP contribution < -0.4 is 0 Å². The van der Waals surface area contributed by atoms with Gasteiger partial charge in [-0.05, 0) is 12.1 Å². The van der Waals surface area contributed by atoms with Gasteiger partial charge in [-0.25, -0.2) is 15.0 Å². The van der Waals surface area contributed by atoms with Gasteiger partial charge in [-0.2, -0.15) is 13.2 Å². The lowest BCUT2D eigenvalue weighted by molar-refractivity contribution is -0.141. The number of hydrogen-bond acceptors (Lipinski definition) is 5. The van der Waals surface area contributed by atoms with Gasteiger partial charge in [0.05, 0.1) is 39.1 Å². The summed E-state index contributed by atoms with van der Waals surface area (Å²) in [6, 6.07) is 2.18. The van der Waals surface area contributed by atoms with E-state index in [1.807, 2.05) is 0 Å². The molecule has 25 heavy (non-hydrogen) atoms. The molecule has 0 radical (unpaired) electrons. The maximum absolute atomic E-state index is 12.8. The highest BCUT2D eigenvalue weighted by atomic mass is 32.2. The van der Waals surface area contributed by atoms with Crippen LogP contribution in [-0.2, 0) is 24.0 Å². The quantitative estimate of drug-likeness (QED) is 0.767. The Kier molecular flexibility index (Phi) is 4.23. The zero-order chi connectivity index (χ0) is 18.4. The van der Waals surface area contributed by atoms with Crippen LogP contribution in [0.5, 0.6) is 5.75 Å². The first-order chi connectivity index (χ1) is 11.7. The number of aromatic nitrogens is 4. The van der Waals surface area contributed by atoms with E-state index in [2.05, 4.69) is 15.0 Å². The Hall–Kier alpha value is -2.49. The summed E-state index contributed by atoms with van der Waals surface area (Å²) >= 11 is 0. The van der Waals surface area contributed by atoms with Crippen molar-refractivity contribution in [1.82, 2.24) is 19.5 Å². The molecule has 0 saturated carbocycles. The number of rotatable bonds is 3. The fraction of sp³-hybridized carbons (Fsp3) is 0.267. The topological polar surface area (TPSA) is 80.9 Å². The van der Waals surface area contributed by atoms with Crippen molar-refractivity contribution in [2.75, 3.05) is 5.75 Å². The summed E-state index contributed by atoms with van der Waals surface area (Å²) < 4.78 is 52.2. The van der Waals surface area contributed by atoms with Gasteiger partial charge in [0.2, 0.25) is 0 Å². The van der Waals surface area contributed by atoms with E-state index in [9.17, 15) is 22.5 Å². The van der Waals surface area contributed by atoms with Gasteiger partial charge in [-0.15, -0.1) is 0 Å². The molecule has 3 heterocycles. The molecule has 0 aromatic carbocycles. The molecule has 0 bridgehead atoms. The molecule has 0 fully saturated rings. The Morgan fingerprint density at radius 3 is 2.60 bits per heavy atom. The van der Waals surface area contributed by atoms with Crippen molar-refractivity contribution in [1.29, 1.82) is 0 Å². The Morgan fingerprint density at radius 1 is 1.24 bits per heavy atom. The van der Waals surface area contributed by atoms with Gasteiger partial charge < -0.3 is 9.67 Å². The molecule has 1 atom stereocenters. The fourth-order valence-corrected chi connectivity index (χ4v) is 3.31. The molecular formula is C15H13F3N4O2S. The SMILES string of the molecule is CCS(=O)c1cc(O)cnc1-c1nc2cc(C(F)(F)F)ncc2n1C. The molecular weight excluding hydrogens is 357 g/mol. The second-order valence-electron chi connectivity index (χ2n) is 5.22. The zero-order valence-electron chi connectivity index (χ0n) is 13.2. The van der Waals surface area contributed by atoms with Crippen LogP contribution in [-0.4, -0.2) is 34.6 Å². The van der Waals surface area contributed by atoms with E-state index >= 15 is 0 Å². The average molecular weight is 370 g/mol. The van der Waals surface area contributed by atoms with Gasteiger partial charge in [0.15, 0.2) is 5.82 Å². The zero-order valence-corrected chi connectivity index (χ0v) is 14.0. The Morgan fingerprint density at radius 2 is 1.96 bits per heavy atom. The second-order valence-corrected chi connectivity index (χ2v) is 6.93. The molecule has 0 saturated heterocycles. The van der Waals surface area contributed by atoms with Crippen LogP contribution in [0.1, 0.15) is 12.6 Å². The first-order valence-corrected chi connectivity index (χ1v) is 8.51. The fourth-order valence-electron chi connectivity index (χ4n) is 2.39. The molecule has 0 aliphatic heterocycles. The van der Waals surface area contributed by atoms with Crippen LogP contribution in [0.2, 0.25) is 0 Å². The summed E-state index contributed by atoms with van der Waals surface area (Å²) in [5.74, 6) is 0.384. The summed E-state index contributed by atoms with van der Waals surface area (Å²) in [4.78, 5) is 12.0. The predicted molar refractivity (Wildman–Crippen MR) is 85.4 cm³/mol. The number of imidazole rings is 1. The number of aryl methyl sites for hydroxylation is 1. The first kappa shape index (κ1) is 17.3. The molecule has 0 aliphatic rings. The van der Waals surface area contributed by atoms with E-state index in [0.717, 1.165) is 12.3 Å². The lowest BCUT2D eigenvalue weighted by atomic mass is 10.3. The van der Waals surface area contributed by atoms with Crippen molar-refractivity contribution >= 4 is 21.8 Å². The minimum atomic E-state index is -4.57. The van der Waals surface area contributed by atoms with Crippen molar-refractivity contribution in [2.45, 2.75) is 18.0 Å². The number of halogens is 3. The van der Waals surface area contributed by atoms with Crippen LogP contribution in [0.25, 0.3) is 22.6 Å². The third kappa shape index (κ3) is 3.09. The monoisotopic (exact) mass is 370 g/mol. The molecule has 1 N–H and O–H groups in total. The maximum Gasteiger partial charge on any atom is 0.433 e. The van der Waals surface area contributed by atoms with Crippen LogP contribution in [0.3, 0.4) is 0 Å². The van der Waals surface area contributed by atoms with E-state index < -0.39 is 22.7 Å². The Bertz CT molecular complexity index is 985. The average Bonchev–Trinajstić information content (AvgIpc) is 2.89. The number of hydrogen-bond donors (Lipinski definition) is 1. The van der Waals surface area contributed by atoms with E-state index in [1.165, 1.54) is 16.8 Å². The summed E-state index contributed by atoms with van der Waals surface area (Å²) in [6.07, 6.45) is -2.31. The van der Waals surface area contributed by atoms with E-state index in [1.54, 1.807) is 14.0 Å². The minimum absolute atomic E-state index is 0.0999. The van der Waals surface area contributed by atoms with Crippen LogP contribution in [0.15, 0.2) is 29.4 Å². The number of fused-ring (bicyclic) bond motifs is 1. The molecule has 6 nitrogen and oxygen atoms in total. The van der Waals surface area contributed by atoms with Crippen molar-refractivity contribution in [3.8, 4) is 17.3 Å². The third-order valence-corrected chi connectivity index (χ3v) is 4.94. The lowest BCUT2D eigenvalue weighted by Crippen LogP contribution is -2.07. The van der Waals surface area contributed by atoms with Crippen molar-refractivity contribution < 1.29 is 22.5 Å². The molecule has 132 valence electrons. The first-order valence-electron chi connectivity index (χ1n) is 7.19. The van der Waals surface area contributed by atoms with Gasteiger partial charge in [0.1, 0.15) is 17.1 Å².